The predicted octanol–water partition coefficient (Wildman–Crippen LogP) is 3.86. The molecule has 2 aromatic carbocycles. The summed E-state index contributed by atoms with van der Waals surface area (Å²) >= 11 is 0. The number of rotatable bonds is 2. The average Bonchev–Trinajstić information content (AvgIpc) is 2.58. The molecule has 3 rings (SSSR count). The number of nitrogens with zero attached hydrogens (tertiary/aromatic N) is 1. The molecule has 1 aliphatic heterocycles. The third-order valence-corrected chi connectivity index (χ3v) is 3.75. The maximum Gasteiger partial charge on any atom is 0.256 e. The summed E-state index contributed by atoms with van der Waals surface area (Å²) in [4.78, 5) is 14.4. The lowest BCUT2D eigenvalue weighted by atomic mass is 9.96. The van der Waals surface area contributed by atoms with Crippen molar-refractivity contribution in [2.45, 2.75) is 26.2 Å². The van der Waals surface area contributed by atoms with E-state index in [-0.39, 0.29) is 18.2 Å². The van der Waals surface area contributed by atoms with Gasteiger partial charge in [0, 0.05) is 18.2 Å². The molecule has 1 atom stereocenters. The van der Waals surface area contributed by atoms with Gasteiger partial charge < -0.3 is 9.64 Å². The van der Waals surface area contributed by atoms with Gasteiger partial charge in [-0.3, -0.25) is 4.79 Å². The van der Waals surface area contributed by atoms with Gasteiger partial charge in [-0.05, 0) is 31.0 Å². The van der Waals surface area contributed by atoms with Crippen LogP contribution in [-0.2, 0) is 4.74 Å². The van der Waals surface area contributed by atoms with E-state index in [1.54, 1.807) is 11.9 Å². The summed E-state index contributed by atoms with van der Waals surface area (Å²) in [6.07, 6.45) is -0.319. The van der Waals surface area contributed by atoms with Crippen LogP contribution in [0.4, 0.5) is 0 Å². The maximum absolute atomic E-state index is 12.7. The van der Waals surface area contributed by atoms with Gasteiger partial charge in [-0.2, -0.15) is 0 Å². The minimum Gasteiger partial charge on any atom is -0.351 e. The molecular formula is C18H19NO2. The summed E-state index contributed by atoms with van der Waals surface area (Å²) in [6.45, 7) is 3.97. The highest BCUT2D eigenvalue weighted by molar-refractivity contribution is 6.02. The molecule has 3 heteroatoms. The Bertz CT molecular complexity index is 678. The normalized spacial score (nSPS) is 17.4. The van der Waals surface area contributed by atoms with E-state index in [0.717, 1.165) is 22.3 Å². The largest absolute Gasteiger partial charge is 0.351 e. The molecule has 3 nitrogen and oxygen atoms in total. The van der Waals surface area contributed by atoms with Gasteiger partial charge in [-0.25, -0.2) is 0 Å². The Labute approximate surface area is 125 Å². The molecule has 0 saturated carbocycles. The summed E-state index contributed by atoms with van der Waals surface area (Å²) in [5.74, 6) is -0.00699. The fourth-order valence-electron chi connectivity index (χ4n) is 2.79. The third kappa shape index (κ3) is 2.34. The Morgan fingerprint density at radius 3 is 2.19 bits per heavy atom. The molecule has 0 saturated heterocycles. The van der Waals surface area contributed by atoms with Crippen LogP contribution in [0.3, 0.4) is 0 Å². The predicted molar refractivity (Wildman–Crippen MR) is 82.9 cm³/mol. The van der Waals surface area contributed by atoms with E-state index < -0.39 is 0 Å². The number of ether oxygens (including phenoxy) is 1. The van der Waals surface area contributed by atoms with E-state index in [1.165, 1.54) is 0 Å². The molecule has 1 heterocycles. The highest BCUT2D eigenvalue weighted by Crippen LogP contribution is 2.38. The van der Waals surface area contributed by atoms with Gasteiger partial charge in [0.1, 0.15) is 0 Å². The Balaban J connectivity index is 2.24. The third-order valence-electron chi connectivity index (χ3n) is 3.75. The van der Waals surface area contributed by atoms with E-state index in [1.807, 2.05) is 56.3 Å². The lowest BCUT2D eigenvalue weighted by Gasteiger charge is -2.29. The van der Waals surface area contributed by atoms with Gasteiger partial charge in [0.25, 0.3) is 5.91 Å². The van der Waals surface area contributed by atoms with E-state index >= 15 is 0 Å². The SMILES string of the molecule is CC(C)O[C@@H]1c2ccccc2-c2ccccc2C(=O)N1C. The van der Waals surface area contributed by atoms with Crippen molar-refractivity contribution in [1.82, 2.24) is 4.90 Å². The highest BCUT2D eigenvalue weighted by Gasteiger charge is 2.31. The zero-order chi connectivity index (χ0) is 15.0. The van der Waals surface area contributed by atoms with Gasteiger partial charge in [0.2, 0.25) is 0 Å². The Hall–Kier alpha value is -2.13. The summed E-state index contributed by atoms with van der Waals surface area (Å²) in [6, 6.07) is 15.8. The van der Waals surface area contributed by atoms with Crippen molar-refractivity contribution in [2.24, 2.45) is 0 Å². The monoisotopic (exact) mass is 281 g/mol. The molecule has 0 aromatic heterocycles. The van der Waals surface area contributed by atoms with Crippen LogP contribution in [0.5, 0.6) is 0 Å². The second-order valence-electron chi connectivity index (χ2n) is 5.59. The number of amides is 1. The van der Waals surface area contributed by atoms with Crippen LogP contribution in [-0.4, -0.2) is 24.0 Å². The number of benzene rings is 2. The van der Waals surface area contributed by atoms with Crippen LogP contribution in [0, 0.1) is 0 Å². The molecule has 0 unspecified atom stereocenters. The van der Waals surface area contributed by atoms with E-state index in [2.05, 4.69) is 6.07 Å². The van der Waals surface area contributed by atoms with E-state index in [9.17, 15) is 4.79 Å². The standard InChI is InChI=1S/C18H19NO2/c1-12(2)21-18-16-11-7-5-9-14(16)13-8-4-6-10-15(13)17(20)19(18)3/h4-12,18H,1-3H3/t18-/m1/s1. The highest BCUT2D eigenvalue weighted by atomic mass is 16.5. The molecule has 0 radical (unpaired) electrons. The first-order chi connectivity index (χ1) is 10.1. The minimum absolute atomic E-state index is 0.00699. The van der Waals surface area contributed by atoms with Crippen LogP contribution in [0.25, 0.3) is 11.1 Å². The number of fused-ring (bicyclic) bond motifs is 3. The first-order valence-electron chi connectivity index (χ1n) is 7.20. The van der Waals surface area contributed by atoms with Gasteiger partial charge in [-0.15, -0.1) is 0 Å². The lowest BCUT2D eigenvalue weighted by molar-refractivity contribution is -0.0666. The topological polar surface area (TPSA) is 29.5 Å². The number of carbonyl (C=O) groups is 1. The summed E-state index contributed by atoms with van der Waals surface area (Å²) in [5.41, 5.74) is 3.80. The second kappa shape index (κ2) is 5.34. The molecule has 1 amide bonds. The summed E-state index contributed by atoms with van der Waals surface area (Å²) in [7, 11) is 1.80. The van der Waals surface area contributed by atoms with Crippen LogP contribution in [0.2, 0.25) is 0 Å². The molecule has 0 bridgehead atoms. The molecule has 108 valence electrons. The van der Waals surface area contributed by atoms with Crippen molar-refractivity contribution in [3.8, 4) is 11.1 Å². The van der Waals surface area contributed by atoms with Crippen molar-refractivity contribution in [3.63, 3.8) is 0 Å². The molecule has 0 aliphatic carbocycles. The van der Waals surface area contributed by atoms with Crippen molar-refractivity contribution in [1.29, 1.82) is 0 Å². The quantitative estimate of drug-likeness (QED) is 0.836. The fraction of sp³-hybridized carbons (Fsp3) is 0.278. The average molecular weight is 281 g/mol. The summed E-state index contributed by atoms with van der Waals surface area (Å²) in [5, 5.41) is 0. The minimum atomic E-state index is -0.360. The van der Waals surface area contributed by atoms with Crippen LogP contribution >= 0.6 is 0 Å². The van der Waals surface area contributed by atoms with Crippen LogP contribution in [0.15, 0.2) is 48.5 Å². The van der Waals surface area contributed by atoms with Crippen molar-refractivity contribution in [2.75, 3.05) is 7.05 Å². The molecular weight excluding hydrogens is 262 g/mol. The maximum atomic E-state index is 12.7. The molecule has 21 heavy (non-hydrogen) atoms. The van der Waals surface area contributed by atoms with Crippen molar-refractivity contribution < 1.29 is 9.53 Å². The molecule has 2 aromatic rings. The Morgan fingerprint density at radius 1 is 0.952 bits per heavy atom. The van der Waals surface area contributed by atoms with Crippen LogP contribution in [0.1, 0.15) is 36.0 Å². The molecule has 0 spiro atoms. The fourth-order valence-corrected chi connectivity index (χ4v) is 2.79. The molecule has 0 N–H and O–H groups in total. The first kappa shape index (κ1) is 13.8. The number of hydrogen-bond acceptors (Lipinski definition) is 2. The van der Waals surface area contributed by atoms with Crippen molar-refractivity contribution >= 4 is 5.91 Å². The smallest absolute Gasteiger partial charge is 0.256 e. The Kier molecular flexibility index (Phi) is 3.52. The number of hydrogen-bond donors (Lipinski definition) is 0. The van der Waals surface area contributed by atoms with Crippen molar-refractivity contribution in [3.05, 3.63) is 59.7 Å². The van der Waals surface area contributed by atoms with Gasteiger partial charge in [0.15, 0.2) is 6.23 Å². The van der Waals surface area contributed by atoms with Gasteiger partial charge >= 0.3 is 0 Å². The summed E-state index contributed by atoms with van der Waals surface area (Å²) < 4.78 is 6.02. The zero-order valence-electron chi connectivity index (χ0n) is 12.5. The molecule has 0 fully saturated rings. The van der Waals surface area contributed by atoms with Crippen LogP contribution < -0.4 is 0 Å². The molecule has 1 aliphatic rings. The lowest BCUT2D eigenvalue weighted by Crippen LogP contribution is -2.33. The van der Waals surface area contributed by atoms with Gasteiger partial charge in [0.05, 0.1) is 6.10 Å². The van der Waals surface area contributed by atoms with Gasteiger partial charge in [-0.1, -0.05) is 42.5 Å². The zero-order valence-corrected chi connectivity index (χ0v) is 12.5. The Morgan fingerprint density at radius 2 is 1.52 bits per heavy atom. The number of carbonyl (C=O) groups excluding carboxylic acids is 1. The second-order valence-corrected chi connectivity index (χ2v) is 5.59. The van der Waals surface area contributed by atoms with E-state index in [0.29, 0.717) is 0 Å². The first-order valence-corrected chi connectivity index (χ1v) is 7.20. The van der Waals surface area contributed by atoms with E-state index in [4.69, 9.17) is 4.74 Å².